The number of hydrogen-bond acceptors (Lipinski definition) is 6. The van der Waals surface area contributed by atoms with Crippen molar-refractivity contribution in [2.45, 2.75) is 0 Å². The largest absolute Gasteiger partial charge is 0.253 e. The maximum atomic E-state index is 4.60. The lowest BCUT2D eigenvalue weighted by molar-refractivity contribution is 1.04. The maximum absolute atomic E-state index is 4.60. The van der Waals surface area contributed by atoms with Crippen LogP contribution in [0.4, 0.5) is 17.6 Å². The highest BCUT2D eigenvalue weighted by atomic mass is 15.3. The Morgan fingerprint density at radius 2 is 1.30 bits per heavy atom. The van der Waals surface area contributed by atoms with E-state index in [1.54, 1.807) is 24.8 Å². The number of nitrogens with zero attached hydrogens (tertiary/aromatic N) is 6. The van der Waals surface area contributed by atoms with Crippen molar-refractivity contribution >= 4 is 28.6 Å². The van der Waals surface area contributed by atoms with Gasteiger partial charge in [-0.15, -0.1) is 0 Å². The fourth-order valence-corrected chi connectivity index (χ4v) is 2.26. The van der Waals surface area contributed by atoms with Crippen LogP contribution < -0.4 is 4.90 Å². The quantitative estimate of drug-likeness (QED) is 0.578. The van der Waals surface area contributed by atoms with Crippen molar-refractivity contribution in [1.82, 2.24) is 24.9 Å². The first kappa shape index (κ1) is 13.3. The molecule has 0 amide bonds. The molecule has 0 saturated carbocycles. The molecule has 4 heterocycles. The lowest BCUT2D eigenvalue weighted by atomic mass is 10.3. The SMILES string of the molecule is c1ccc(N(c2ccccn2)c2ncc3ncccc3n2)nc1. The average molecular weight is 300 g/mol. The van der Waals surface area contributed by atoms with Crippen LogP contribution in [0.1, 0.15) is 0 Å². The van der Waals surface area contributed by atoms with Crippen LogP contribution in [0.25, 0.3) is 11.0 Å². The van der Waals surface area contributed by atoms with Gasteiger partial charge in [-0.3, -0.25) is 4.98 Å². The van der Waals surface area contributed by atoms with Gasteiger partial charge in [0.15, 0.2) is 0 Å². The Morgan fingerprint density at radius 3 is 1.96 bits per heavy atom. The third-order valence-corrected chi connectivity index (χ3v) is 3.30. The molecule has 0 saturated heterocycles. The number of anilines is 3. The van der Waals surface area contributed by atoms with Crippen molar-refractivity contribution in [3.63, 3.8) is 0 Å². The summed E-state index contributed by atoms with van der Waals surface area (Å²) in [6.07, 6.45) is 6.89. The van der Waals surface area contributed by atoms with Crippen molar-refractivity contribution in [3.8, 4) is 0 Å². The van der Waals surface area contributed by atoms with E-state index in [0.717, 1.165) is 11.0 Å². The molecule has 23 heavy (non-hydrogen) atoms. The minimum atomic E-state index is 0.503. The number of aromatic nitrogens is 5. The van der Waals surface area contributed by atoms with Gasteiger partial charge >= 0.3 is 0 Å². The molecule has 0 atom stereocenters. The van der Waals surface area contributed by atoms with Gasteiger partial charge in [0, 0.05) is 18.6 Å². The van der Waals surface area contributed by atoms with Crippen LogP contribution in [0.15, 0.2) is 73.3 Å². The van der Waals surface area contributed by atoms with E-state index in [1.165, 1.54) is 0 Å². The molecule has 0 N–H and O–H groups in total. The first-order chi connectivity index (χ1) is 11.4. The van der Waals surface area contributed by atoms with E-state index in [2.05, 4.69) is 24.9 Å². The Kier molecular flexibility index (Phi) is 3.32. The van der Waals surface area contributed by atoms with Crippen molar-refractivity contribution in [2.24, 2.45) is 0 Å². The van der Waals surface area contributed by atoms with Crippen LogP contribution in [0.2, 0.25) is 0 Å². The summed E-state index contributed by atoms with van der Waals surface area (Å²) in [5.74, 6) is 1.91. The zero-order chi connectivity index (χ0) is 15.5. The predicted molar refractivity (Wildman–Crippen MR) is 87.6 cm³/mol. The molecule has 4 rings (SSSR count). The second-order valence-corrected chi connectivity index (χ2v) is 4.79. The van der Waals surface area contributed by atoms with Gasteiger partial charge in [0.25, 0.3) is 0 Å². The number of hydrogen-bond donors (Lipinski definition) is 0. The molecule has 0 spiro atoms. The summed E-state index contributed by atoms with van der Waals surface area (Å²) in [5, 5.41) is 0. The van der Waals surface area contributed by atoms with Gasteiger partial charge in [0.2, 0.25) is 5.95 Å². The zero-order valence-electron chi connectivity index (χ0n) is 12.1. The molecule has 0 aromatic carbocycles. The van der Waals surface area contributed by atoms with Gasteiger partial charge in [-0.25, -0.2) is 24.8 Å². The molecule has 6 heteroatoms. The third kappa shape index (κ3) is 2.57. The number of rotatable bonds is 3. The van der Waals surface area contributed by atoms with Gasteiger partial charge in [0.1, 0.15) is 17.2 Å². The molecule has 0 aliphatic rings. The fourth-order valence-electron chi connectivity index (χ4n) is 2.26. The molecular formula is C17H12N6. The van der Waals surface area contributed by atoms with Gasteiger partial charge < -0.3 is 0 Å². The summed E-state index contributed by atoms with van der Waals surface area (Å²) >= 11 is 0. The molecule has 0 aliphatic heterocycles. The van der Waals surface area contributed by atoms with E-state index in [0.29, 0.717) is 17.6 Å². The highest BCUT2D eigenvalue weighted by molar-refractivity contribution is 5.76. The van der Waals surface area contributed by atoms with Crippen LogP contribution in [0, 0.1) is 0 Å². The highest BCUT2D eigenvalue weighted by Gasteiger charge is 2.17. The zero-order valence-corrected chi connectivity index (χ0v) is 12.1. The Balaban J connectivity index is 1.90. The predicted octanol–water partition coefficient (Wildman–Crippen LogP) is 3.28. The molecule has 4 aromatic rings. The van der Waals surface area contributed by atoms with E-state index >= 15 is 0 Å². The van der Waals surface area contributed by atoms with E-state index in [-0.39, 0.29) is 0 Å². The molecule has 0 unspecified atom stereocenters. The first-order valence-electron chi connectivity index (χ1n) is 7.12. The minimum Gasteiger partial charge on any atom is -0.253 e. The van der Waals surface area contributed by atoms with Gasteiger partial charge in [-0.2, -0.15) is 0 Å². The molecular weight excluding hydrogens is 288 g/mol. The summed E-state index contributed by atoms with van der Waals surface area (Å²) in [7, 11) is 0. The Hall–Kier alpha value is -3.41. The van der Waals surface area contributed by atoms with Crippen molar-refractivity contribution in [1.29, 1.82) is 0 Å². The highest BCUT2D eigenvalue weighted by Crippen LogP contribution is 2.28. The lowest BCUT2D eigenvalue weighted by Crippen LogP contribution is -2.15. The minimum absolute atomic E-state index is 0.503. The van der Waals surface area contributed by atoms with Gasteiger partial charge in [0.05, 0.1) is 11.7 Å². The number of pyridine rings is 3. The lowest BCUT2D eigenvalue weighted by Gasteiger charge is -2.20. The Labute approximate surface area is 132 Å². The average Bonchev–Trinajstić information content (AvgIpc) is 2.64. The maximum Gasteiger partial charge on any atom is 0.237 e. The van der Waals surface area contributed by atoms with Crippen LogP contribution in [-0.2, 0) is 0 Å². The van der Waals surface area contributed by atoms with Crippen LogP contribution in [0.3, 0.4) is 0 Å². The van der Waals surface area contributed by atoms with Crippen LogP contribution >= 0.6 is 0 Å². The second kappa shape index (κ2) is 5.76. The van der Waals surface area contributed by atoms with Gasteiger partial charge in [-0.1, -0.05) is 12.1 Å². The topological polar surface area (TPSA) is 67.7 Å². The smallest absolute Gasteiger partial charge is 0.237 e. The van der Waals surface area contributed by atoms with E-state index in [1.807, 2.05) is 53.4 Å². The molecule has 0 aliphatic carbocycles. The van der Waals surface area contributed by atoms with Crippen LogP contribution in [-0.4, -0.2) is 24.9 Å². The van der Waals surface area contributed by atoms with Crippen LogP contribution in [0.5, 0.6) is 0 Å². The van der Waals surface area contributed by atoms with Crippen molar-refractivity contribution in [2.75, 3.05) is 4.90 Å². The fraction of sp³-hybridized carbons (Fsp3) is 0. The van der Waals surface area contributed by atoms with Gasteiger partial charge in [-0.05, 0) is 36.4 Å². The summed E-state index contributed by atoms with van der Waals surface area (Å²) in [4.78, 5) is 23.9. The second-order valence-electron chi connectivity index (χ2n) is 4.79. The summed E-state index contributed by atoms with van der Waals surface area (Å²) in [6, 6.07) is 15.1. The summed E-state index contributed by atoms with van der Waals surface area (Å²) in [6.45, 7) is 0. The monoisotopic (exact) mass is 300 g/mol. The Morgan fingerprint density at radius 1 is 0.609 bits per heavy atom. The molecule has 0 fully saturated rings. The van der Waals surface area contributed by atoms with Crippen molar-refractivity contribution < 1.29 is 0 Å². The van der Waals surface area contributed by atoms with E-state index in [9.17, 15) is 0 Å². The van der Waals surface area contributed by atoms with Crippen molar-refractivity contribution in [3.05, 3.63) is 73.3 Å². The standard InChI is InChI=1S/C17H12N6/c1-3-9-19-15(7-1)23(16-8-2-4-10-20-16)17-21-12-14-13(22-17)6-5-11-18-14/h1-12H. The molecule has 110 valence electrons. The number of fused-ring (bicyclic) bond motifs is 1. The first-order valence-corrected chi connectivity index (χ1v) is 7.12. The Bertz CT molecular complexity index is 887. The molecule has 0 bridgehead atoms. The summed E-state index contributed by atoms with van der Waals surface area (Å²) in [5.41, 5.74) is 1.52. The normalized spacial score (nSPS) is 10.6. The third-order valence-electron chi connectivity index (χ3n) is 3.30. The molecule has 6 nitrogen and oxygen atoms in total. The molecule has 0 radical (unpaired) electrons. The van der Waals surface area contributed by atoms with E-state index in [4.69, 9.17) is 0 Å². The molecule has 4 aromatic heterocycles. The van der Waals surface area contributed by atoms with E-state index < -0.39 is 0 Å². The summed E-state index contributed by atoms with van der Waals surface area (Å²) < 4.78 is 0.